The monoisotopic (exact) mass is 345 g/mol. The van der Waals surface area contributed by atoms with Crippen LogP contribution in [0.1, 0.15) is 15.8 Å². The van der Waals surface area contributed by atoms with Crippen LogP contribution in [0.2, 0.25) is 0 Å². The van der Waals surface area contributed by atoms with Crippen LogP contribution in [-0.2, 0) is 6.42 Å². The van der Waals surface area contributed by atoms with E-state index in [0.29, 0.717) is 12.0 Å². The molecular weight excluding hydrogens is 338 g/mol. The van der Waals surface area contributed by atoms with E-state index in [2.05, 4.69) is 15.9 Å². The lowest BCUT2D eigenvalue weighted by atomic mass is 10.1. The smallest absolute Gasteiger partial charge is 0.258 e. The standard InChI is InChI=1S/C12H9BrClNO2S/c13-9-5-6-18-12(9)10(14)7-8-3-1-2-4-11(8)15(16)17/h1-6,10H,7H2. The van der Waals surface area contributed by atoms with Gasteiger partial charge in [-0.25, -0.2) is 0 Å². The quantitative estimate of drug-likeness (QED) is 0.447. The Kier molecular flexibility index (Phi) is 4.37. The summed E-state index contributed by atoms with van der Waals surface area (Å²) >= 11 is 11.3. The number of benzene rings is 1. The molecule has 0 amide bonds. The van der Waals surface area contributed by atoms with E-state index in [9.17, 15) is 10.1 Å². The van der Waals surface area contributed by atoms with Crippen molar-refractivity contribution in [3.05, 3.63) is 60.7 Å². The molecule has 0 spiro atoms. The average molecular weight is 347 g/mol. The van der Waals surface area contributed by atoms with Crippen molar-refractivity contribution in [2.24, 2.45) is 0 Å². The zero-order valence-electron chi connectivity index (χ0n) is 9.18. The maximum atomic E-state index is 10.9. The zero-order chi connectivity index (χ0) is 13.1. The average Bonchev–Trinajstić information content (AvgIpc) is 2.76. The highest BCUT2D eigenvalue weighted by Crippen LogP contribution is 2.36. The number of hydrogen-bond donors (Lipinski definition) is 0. The van der Waals surface area contributed by atoms with Gasteiger partial charge in [-0.3, -0.25) is 10.1 Å². The summed E-state index contributed by atoms with van der Waals surface area (Å²) in [5, 5.41) is 12.6. The second-order valence-electron chi connectivity index (χ2n) is 3.69. The maximum Gasteiger partial charge on any atom is 0.272 e. The minimum absolute atomic E-state index is 0.121. The number of para-hydroxylation sites is 1. The fourth-order valence-electron chi connectivity index (χ4n) is 1.68. The number of halogens is 2. The summed E-state index contributed by atoms with van der Waals surface area (Å²) in [5.74, 6) is 0. The van der Waals surface area contributed by atoms with Crippen LogP contribution in [0.3, 0.4) is 0 Å². The predicted molar refractivity (Wildman–Crippen MR) is 77.4 cm³/mol. The molecule has 18 heavy (non-hydrogen) atoms. The van der Waals surface area contributed by atoms with Crippen molar-refractivity contribution in [2.75, 3.05) is 0 Å². The highest BCUT2D eigenvalue weighted by atomic mass is 79.9. The van der Waals surface area contributed by atoms with Gasteiger partial charge in [-0.05, 0) is 27.4 Å². The van der Waals surface area contributed by atoms with Crippen molar-refractivity contribution >= 4 is 44.6 Å². The Hall–Kier alpha value is -0.910. The Bertz CT molecular complexity index is 573. The van der Waals surface area contributed by atoms with E-state index in [1.165, 1.54) is 6.07 Å². The van der Waals surface area contributed by atoms with Crippen LogP contribution in [0.5, 0.6) is 0 Å². The van der Waals surface area contributed by atoms with Crippen LogP contribution < -0.4 is 0 Å². The van der Waals surface area contributed by atoms with E-state index in [1.54, 1.807) is 29.5 Å². The largest absolute Gasteiger partial charge is 0.272 e. The minimum Gasteiger partial charge on any atom is -0.258 e. The van der Waals surface area contributed by atoms with Crippen molar-refractivity contribution in [2.45, 2.75) is 11.8 Å². The summed E-state index contributed by atoms with van der Waals surface area (Å²) in [4.78, 5) is 11.5. The number of thiophene rings is 1. The molecule has 0 saturated heterocycles. The van der Waals surface area contributed by atoms with E-state index in [4.69, 9.17) is 11.6 Å². The lowest BCUT2D eigenvalue weighted by Gasteiger charge is -2.08. The third-order valence-electron chi connectivity index (χ3n) is 2.52. The van der Waals surface area contributed by atoms with E-state index in [0.717, 1.165) is 9.35 Å². The first-order valence-corrected chi connectivity index (χ1v) is 7.29. The molecule has 0 N–H and O–H groups in total. The van der Waals surface area contributed by atoms with Crippen LogP contribution in [0.15, 0.2) is 40.2 Å². The molecule has 1 heterocycles. The second kappa shape index (κ2) is 5.82. The first-order valence-electron chi connectivity index (χ1n) is 5.19. The van der Waals surface area contributed by atoms with Gasteiger partial charge in [0, 0.05) is 27.4 Å². The van der Waals surface area contributed by atoms with Gasteiger partial charge >= 0.3 is 0 Å². The van der Waals surface area contributed by atoms with Crippen LogP contribution >= 0.6 is 38.9 Å². The normalized spacial score (nSPS) is 12.3. The number of nitrogens with zero attached hydrogens (tertiary/aromatic N) is 1. The number of hydrogen-bond acceptors (Lipinski definition) is 3. The number of nitro groups is 1. The fourth-order valence-corrected chi connectivity index (χ4v) is 3.87. The van der Waals surface area contributed by atoms with Gasteiger partial charge in [0.05, 0.1) is 10.3 Å². The molecule has 1 unspecified atom stereocenters. The SMILES string of the molecule is O=[N+]([O-])c1ccccc1CC(Cl)c1sccc1Br. The Labute approximate surface area is 122 Å². The van der Waals surface area contributed by atoms with E-state index in [-0.39, 0.29) is 16.0 Å². The van der Waals surface area contributed by atoms with Gasteiger partial charge in [0.2, 0.25) is 0 Å². The van der Waals surface area contributed by atoms with Gasteiger partial charge in [0.15, 0.2) is 0 Å². The molecule has 1 aromatic carbocycles. The fraction of sp³-hybridized carbons (Fsp3) is 0.167. The van der Waals surface area contributed by atoms with E-state index in [1.807, 2.05) is 11.4 Å². The van der Waals surface area contributed by atoms with Gasteiger partial charge in [0.25, 0.3) is 5.69 Å². The van der Waals surface area contributed by atoms with Crippen molar-refractivity contribution in [3.63, 3.8) is 0 Å². The third-order valence-corrected chi connectivity index (χ3v) is 5.00. The van der Waals surface area contributed by atoms with Gasteiger partial charge in [-0.2, -0.15) is 0 Å². The molecule has 0 radical (unpaired) electrons. The molecule has 1 atom stereocenters. The number of nitro benzene ring substituents is 1. The summed E-state index contributed by atoms with van der Waals surface area (Å²) in [6.45, 7) is 0. The van der Waals surface area contributed by atoms with Crippen LogP contribution in [-0.4, -0.2) is 4.92 Å². The van der Waals surface area contributed by atoms with Gasteiger partial charge in [-0.1, -0.05) is 18.2 Å². The Morgan fingerprint density at radius 3 is 2.72 bits per heavy atom. The number of alkyl halides is 1. The number of rotatable bonds is 4. The molecule has 2 aromatic rings. The lowest BCUT2D eigenvalue weighted by Crippen LogP contribution is -1.99. The molecular formula is C12H9BrClNO2S. The van der Waals surface area contributed by atoms with E-state index < -0.39 is 0 Å². The molecule has 3 nitrogen and oxygen atoms in total. The van der Waals surface area contributed by atoms with Crippen molar-refractivity contribution in [1.29, 1.82) is 0 Å². The first-order chi connectivity index (χ1) is 8.59. The summed E-state index contributed by atoms with van der Waals surface area (Å²) in [7, 11) is 0. The third kappa shape index (κ3) is 2.91. The maximum absolute atomic E-state index is 10.9. The summed E-state index contributed by atoms with van der Waals surface area (Å²) in [6.07, 6.45) is 0.442. The Morgan fingerprint density at radius 2 is 2.11 bits per heavy atom. The highest BCUT2D eigenvalue weighted by molar-refractivity contribution is 9.10. The molecule has 2 rings (SSSR count). The Balaban J connectivity index is 2.25. The van der Waals surface area contributed by atoms with Crippen LogP contribution in [0, 0.1) is 10.1 Å². The molecule has 0 aliphatic heterocycles. The summed E-state index contributed by atoms with van der Waals surface area (Å²) < 4.78 is 0.950. The molecule has 0 saturated carbocycles. The van der Waals surface area contributed by atoms with Gasteiger partial charge < -0.3 is 0 Å². The molecule has 1 aromatic heterocycles. The molecule has 0 aliphatic carbocycles. The molecule has 0 bridgehead atoms. The van der Waals surface area contributed by atoms with Gasteiger partial charge in [0.1, 0.15) is 0 Å². The topological polar surface area (TPSA) is 43.1 Å². The molecule has 0 fully saturated rings. The first kappa shape index (κ1) is 13.5. The van der Waals surface area contributed by atoms with Crippen molar-refractivity contribution < 1.29 is 4.92 Å². The Morgan fingerprint density at radius 1 is 1.39 bits per heavy atom. The van der Waals surface area contributed by atoms with Crippen LogP contribution in [0.4, 0.5) is 5.69 Å². The van der Waals surface area contributed by atoms with Gasteiger partial charge in [-0.15, -0.1) is 22.9 Å². The highest BCUT2D eigenvalue weighted by Gasteiger charge is 2.19. The van der Waals surface area contributed by atoms with Crippen molar-refractivity contribution in [3.8, 4) is 0 Å². The predicted octanol–water partition coefficient (Wildman–Crippen LogP) is 4.94. The lowest BCUT2D eigenvalue weighted by molar-refractivity contribution is -0.385. The minimum atomic E-state index is -0.373. The second-order valence-corrected chi connectivity index (χ2v) is 6.02. The zero-order valence-corrected chi connectivity index (χ0v) is 12.3. The molecule has 6 heteroatoms. The van der Waals surface area contributed by atoms with E-state index >= 15 is 0 Å². The van der Waals surface area contributed by atoms with Crippen LogP contribution in [0.25, 0.3) is 0 Å². The summed E-state index contributed by atoms with van der Waals surface area (Å²) in [6, 6.07) is 8.62. The van der Waals surface area contributed by atoms with Crippen molar-refractivity contribution in [1.82, 2.24) is 0 Å². The summed E-state index contributed by atoms with van der Waals surface area (Å²) in [5.41, 5.74) is 0.777. The molecule has 94 valence electrons. The molecule has 0 aliphatic rings.